The van der Waals surface area contributed by atoms with Crippen molar-refractivity contribution in [2.24, 2.45) is 0 Å². The highest BCUT2D eigenvalue weighted by Gasteiger charge is 2.18. The van der Waals surface area contributed by atoms with Crippen LogP contribution in [0.1, 0.15) is 25.7 Å². The standard InChI is InChI=1S/C13H17N3O2/c17-12(15-11-4-3-7-14-10-11)5-6-13(18)16-8-1-2-9-16/h3-4,7,10H,1-2,5-6,8-9H2,(H,15,17). The van der Waals surface area contributed by atoms with Crippen molar-refractivity contribution >= 4 is 17.5 Å². The Labute approximate surface area is 106 Å². The van der Waals surface area contributed by atoms with E-state index in [4.69, 9.17) is 0 Å². The minimum absolute atomic E-state index is 0.0776. The molecule has 1 aliphatic heterocycles. The molecule has 0 spiro atoms. The fourth-order valence-corrected chi connectivity index (χ4v) is 2.01. The topological polar surface area (TPSA) is 62.3 Å². The van der Waals surface area contributed by atoms with Gasteiger partial charge in [0.2, 0.25) is 11.8 Å². The number of hydrogen-bond acceptors (Lipinski definition) is 3. The van der Waals surface area contributed by atoms with Crippen LogP contribution in [0.5, 0.6) is 0 Å². The summed E-state index contributed by atoms with van der Waals surface area (Å²) in [4.78, 5) is 29.1. The van der Waals surface area contributed by atoms with E-state index in [1.54, 1.807) is 24.5 Å². The Morgan fingerprint density at radius 1 is 1.28 bits per heavy atom. The molecule has 5 nitrogen and oxygen atoms in total. The Morgan fingerprint density at radius 2 is 2.06 bits per heavy atom. The van der Waals surface area contributed by atoms with Crippen LogP contribution in [0, 0.1) is 0 Å². The zero-order valence-electron chi connectivity index (χ0n) is 10.3. The zero-order chi connectivity index (χ0) is 12.8. The lowest BCUT2D eigenvalue weighted by atomic mass is 10.2. The van der Waals surface area contributed by atoms with Gasteiger partial charge in [0.25, 0.3) is 0 Å². The number of rotatable bonds is 4. The molecule has 1 aromatic heterocycles. The molecule has 1 aromatic rings. The number of anilines is 1. The first-order valence-corrected chi connectivity index (χ1v) is 6.23. The summed E-state index contributed by atoms with van der Waals surface area (Å²) in [6.45, 7) is 1.67. The summed E-state index contributed by atoms with van der Waals surface area (Å²) >= 11 is 0. The van der Waals surface area contributed by atoms with Crippen molar-refractivity contribution in [3.63, 3.8) is 0 Å². The smallest absolute Gasteiger partial charge is 0.224 e. The summed E-state index contributed by atoms with van der Waals surface area (Å²) < 4.78 is 0. The highest BCUT2D eigenvalue weighted by molar-refractivity contribution is 5.93. The van der Waals surface area contributed by atoms with Gasteiger partial charge in [-0.3, -0.25) is 14.6 Å². The summed E-state index contributed by atoms with van der Waals surface area (Å²) in [5.74, 6) is -0.0654. The van der Waals surface area contributed by atoms with Crippen LogP contribution in [0.3, 0.4) is 0 Å². The molecule has 0 bridgehead atoms. The van der Waals surface area contributed by atoms with Gasteiger partial charge in [0.05, 0.1) is 11.9 Å². The molecule has 96 valence electrons. The van der Waals surface area contributed by atoms with Crippen LogP contribution in [0.15, 0.2) is 24.5 Å². The van der Waals surface area contributed by atoms with E-state index < -0.39 is 0 Å². The summed E-state index contributed by atoms with van der Waals surface area (Å²) in [5, 5.41) is 2.72. The van der Waals surface area contributed by atoms with Crippen LogP contribution in [0.2, 0.25) is 0 Å². The van der Waals surface area contributed by atoms with E-state index in [1.807, 2.05) is 4.90 Å². The second kappa shape index (κ2) is 6.14. The monoisotopic (exact) mass is 247 g/mol. The van der Waals surface area contributed by atoms with E-state index >= 15 is 0 Å². The molecule has 0 atom stereocenters. The zero-order valence-corrected chi connectivity index (χ0v) is 10.3. The lowest BCUT2D eigenvalue weighted by Gasteiger charge is -2.14. The van der Waals surface area contributed by atoms with Gasteiger partial charge in [-0.15, -0.1) is 0 Å². The largest absolute Gasteiger partial charge is 0.343 e. The molecule has 2 amide bonds. The summed E-state index contributed by atoms with van der Waals surface area (Å²) in [5.41, 5.74) is 0.663. The highest BCUT2D eigenvalue weighted by atomic mass is 16.2. The third kappa shape index (κ3) is 3.55. The van der Waals surface area contributed by atoms with E-state index in [0.717, 1.165) is 25.9 Å². The average Bonchev–Trinajstić information content (AvgIpc) is 2.91. The fraction of sp³-hybridized carbons (Fsp3) is 0.462. The first-order chi connectivity index (χ1) is 8.75. The van der Waals surface area contributed by atoms with Crippen LogP contribution in [-0.4, -0.2) is 34.8 Å². The first-order valence-electron chi connectivity index (χ1n) is 6.23. The summed E-state index contributed by atoms with van der Waals surface area (Å²) in [6.07, 6.45) is 5.89. The van der Waals surface area contributed by atoms with Gasteiger partial charge >= 0.3 is 0 Å². The molecular formula is C13H17N3O2. The van der Waals surface area contributed by atoms with E-state index in [9.17, 15) is 9.59 Å². The van der Waals surface area contributed by atoms with Crippen LogP contribution in [-0.2, 0) is 9.59 Å². The number of nitrogens with zero attached hydrogens (tertiary/aromatic N) is 2. The number of pyridine rings is 1. The van der Waals surface area contributed by atoms with Crippen molar-refractivity contribution in [2.75, 3.05) is 18.4 Å². The number of carbonyl (C=O) groups is 2. The molecule has 0 aliphatic carbocycles. The van der Waals surface area contributed by atoms with Crippen LogP contribution < -0.4 is 5.32 Å². The van der Waals surface area contributed by atoms with Crippen molar-refractivity contribution in [2.45, 2.75) is 25.7 Å². The van der Waals surface area contributed by atoms with Crippen molar-refractivity contribution in [3.05, 3.63) is 24.5 Å². The minimum Gasteiger partial charge on any atom is -0.343 e. The number of aromatic nitrogens is 1. The molecule has 0 saturated carbocycles. The average molecular weight is 247 g/mol. The molecule has 1 N–H and O–H groups in total. The molecule has 1 fully saturated rings. The Bertz CT molecular complexity index is 414. The number of likely N-dealkylation sites (tertiary alicyclic amines) is 1. The third-order valence-corrected chi connectivity index (χ3v) is 2.97. The number of hydrogen-bond donors (Lipinski definition) is 1. The van der Waals surface area contributed by atoms with Gasteiger partial charge in [0.1, 0.15) is 0 Å². The molecule has 0 radical (unpaired) electrons. The van der Waals surface area contributed by atoms with E-state index in [1.165, 1.54) is 0 Å². The van der Waals surface area contributed by atoms with Crippen molar-refractivity contribution in [1.29, 1.82) is 0 Å². The summed E-state index contributed by atoms with van der Waals surface area (Å²) in [7, 11) is 0. The Kier molecular flexibility index (Phi) is 4.28. The molecular weight excluding hydrogens is 230 g/mol. The number of carbonyl (C=O) groups excluding carboxylic acids is 2. The van der Waals surface area contributed by atoms with Crippen molar-refractivity contribution < 1.29 is 9.59 Å². The Hall–Kier alpha value is -1.91. The molecule has 0 unspecified atom stereocenters. The Balaban J connectivity index is 1.73. The predicted octanol–water partition coefficient (Wildman–Crippen LogP) is 1.42. The van der Waals surface area contributed by atoms with Crippen molar-refractivity contribution in [1.82, 2.24) is 9.88 Å². The van der Waals surface area contributed by atoms with Crippen molar-refractivity contribution in [3.8, 4) is 0 Å². The van der Waals surface area contributed by atoms with Gasteiger partial charge in [0, 0.05) is 32.1 Å². The molecule has 2 rings (SSSR count). The lowest BCUT2D eigenvalue weighted by molar-refractivity contribution is -0.131. The molecule has 5 heteroatoms. The Morgan fingerprint density at radius 3 is 2.72 bits per heavy atom. The fourth-order valence-electron chi connectivity index (χ4n) is 2.01. The van der Waals surface area contributed by atoms with Gasteiger partial charge in [0.15, 0.2) is 0 Å². The normalized spacial score (nSPS) is 14.6. The van der Waals surface area contributed by atoms with Crippen LogP contribution in [0.25, 0.3) is 0 Å². The maximum Gasteiger partial charge on any atom is 0.224 e. The van der Waals surface area contributed by atoms with E-state index in [0.29, 0.717) is 5.69 Å². The molecule has 0 aromatic carbocycles. The lowest BCUT2D eigenvalue weighted by Crippen LogP contribution is -2.28. The van der Waals surface area contributed by atoms with Crippen LogP contribution >= 0.6 is 0 Å². The maximum atomic E-state index is 11.7. The SMILES string of the molecule is O=C(CCC(=O)N1CCCC1)Nc1cccnc1. The number of nitrogens with one attached hydrogen (secondary N) is 1. The maximum absolute atomic E-state index is 11.7. The van der Waals surface area contributed by atoms with Crippen LogP contribution in [0.4, 0.5) is 5.69 Å². The highest BCUT2D eigenvalue weighted by Crippen LogP contribution is 2.10. The summed E-state index contributed by atoms with van der Waals surface area (Å²) in [6, 6.07) is 3.53. The quantitative estimate of drug-likeness (QED) is 0.875. The van der Waals surface area contributed by atoms with Gasteiger partial charge in [-0.05, 0) is 25.0 Å². The van der Waals surface area contributed by atoms with Gasteiger partial charge in [-0.1, -0.05) is 0 Å². The second-order valence-corrected chi connectivity index (χ2v) is 4.38. The van der Waals surface area contributed by atoms with E-state index in [2.05, 4.69) is 10.3 Å². The predicted molar refractivity (Wildman–Crippen MR) is 67.9 cm³/mol. The van der Waals surface area contributed by atoms with Gasteiger partial charge < -0.3 is 10.2 Å². The van der Waals surface area contributed by atoms with Gasteiger partial charge in [-0.25, -0.2) is 0 Å². The minimum atomic E-state index is -0.143. The molecule has 1 aliphatic rings. The third-order valence-electron chi connectivity index (χ3n) is 2.97. The molecule has 1 saturated heterocycles. The van der Waals surface area contributed by atoms with Gasteiger partial charge in [-0.2, -0.15) is 0 Å². The first kappa shape index (κ1) is 12.5. The van der Waals surface area contributed by atoms with E-state index in [-0.39, 0.29) is 24.7 Å². The second-order valence-electron chi connectivity index (χ2n) is 4.38. The molecule has 2 heterocycles. The molecule has 18 heavy (non-hydrogen) atoms. The number of amides is 2.